The Morgan fingerprint density at radius 2 is 1.88 bits per heavy atom. The molecule has 2 fully saturated rings. The lowest BCUT2D eigenvalue weighted by atomic mass is 9.46. The Balaban J connectivity index is 2.07. The molecule has 0 aromatic heterocycles. The van der Waals surface area contributed by atoms with Crippen molar-refractivity contribution in [3.05, 3.63) is 11.6 Å². The molecule has 1 aliphatic heterocycles. The zero-order valence-corrected chi connectivity index (χ0v) is 15.7. The van der Waals surface area contributed by atoms with E-state index in [9.17, 15) is 15.0 Å². The summed E-state index contributed by atoms with van der Waals surface area (Å²) in [7, 11) is 0. The zero-order chi connectivity index (χ0) is 18.0. The number of hydrogen-bond acceptors (Lipinski definition) is 3. The van der Waals surface area contributed by atoms with Crippen LogP contribution in [0.4, 0.5) is 0 Å². The number of aliphatic carboxylic acids is 1. The van der Waals surface area contributed by atoms with Gasteiger partial charge in [0.05, 0.1) is 23.7 Å². The highest BCUT2D eigenvalue weighted by Crippen LogP contribution is 2.66. The highest BCUT2D eigenvalue weighted by molar-refractivity contribution is 5.68. The average Bonchev–Trinajstić information content (AvgIpc) is 2.74. The number of carboxylic acids is 1. The fraction of sp³-hybridized carbons (Fsp3) is 0.850. The summed E-state index contributed by atoms with van der Waals surface area (Å²) in [5, 5.41) is 20.1. The van der Waals surface area contributed by atoms with E-state index in [0.717, 1.165) is 37.7 Å². The standard InChI is InChI=1S/C20H32O4/c1-13-11-14(21)16-17(2,3)7-6-8-19(16,5)20(13)10-9-18(4,24-20)12-15(22)23/h11,14,16,21H,6-10,12H2,1-5H3,(H,22,23)/t14-,16-,18-,19-,20+/m1/s1. The predicted molar refractivity (Wildman–Crippen MR) is 92.7 cm³/mol. The van der Waals surface area contributed by atoms with Crippen molar-refractivity contribution in [2.24, 2.45) is 16.7 Å². The van der Waals surface area contributed by atoms with Crippen molar-refractivity contribution in [1.29, 1.82) is 0 Å². The van der Waals surface area contributed by atoms with E-state index in [0.29, 0.717) is 0 Å². The summed E-state index contributed by atoms with van der Waals surface area (Å²) < 4.78 is 6.65. The number of carboxylic acid groups (broad SMARTS) is 1. The van der Waals surface area contributed by atoms with Crippen molar-refractivity contribution < 1.29 is 19.7 Å². The third-order valence-corrected chi connectivity index (χ3v) is 7.32. The third-order valence-electron chi connectivity index (χ3n) is 7.32. The van der Waals surface area contributed by atoms with E-state index in [1.54, 1.807) is 0 Å². The summed E-state index contributed by atoms with van der Waals surface area (Å²) in [5.41, 5.74) is -0.104. The summed E-state index contributed by atoms with van der Waals surface area (Å²) in [4.78, 5) is 11.3. The van der Waals surface area contributed by atoms with Gasteiger partial charge in [-0.15, -0.1) is 0 Å². The first-order valence-electron chi connectivity index (χ1n) is 9.25. The van der Waals surface area contributed by atoms with Crippen LogP contribution in [0.15, 0.2) is 11.6 Å². The van der Waals surface area contributed by atoms with Gasteiger partial charge in [-0.3, -0.25) is 4.79 Å². The van der Waals surface area contributed by atoms with E-state index in [1.807, 2.05) is 13.0 Å². The van der Waals surface area contributed by atoms with Crippen LogP contribution in [0, 0.1) is 16.7 Å². The Bertz CT molecular complexity index is 580. The lowest BCUT2D eigenvalue weighted by Gasteiger charge is -2.62. The molecule has 0 aromatic carbocycles. The van der Waals surface area contributed by atoms with Crippen LogP contribution < -0.4 is 0 Å². The van der Waals surface area contributed by atoms with E-state index in [2.05, 4.69) is 27.7 Å². The van der Waals surface area contributed by atoms with Crippen molar-refractivity contribution in [3.63, 3.8) is 0 Å². The molecule has 0 bridgehead atoms. The molecule has 4 heteroatoms. The molecular weight excluding hydrogens is 304 g/mol. The number of aliphatic hydroxyl groups excluding tert-OH is 1. The molecular formula is C20H32O4. The molecule has 5 atom stereocenters. The summed E-state index contributed by atoms with van der Waals surface area (Å²) in [6.45, 7) is 10.8. The molecule has 1 spiro atoms. The molecule has 136 valence electrons. The minimum absolute atomic E-state index is 0.0364. The van der Waals surface area contributed by atoms with E-state index < -0.39 is 23.3 Å². The third kappa shape index (κ3) is 2.37. The van der Waals surface area contributed by atoms with E-state index in [4.69, 9.17) is 4.74 Å². The fourth-order valence-corrected chi connectivity index (χ4v) is 6.40. The van der Waals surface area contributed by atoms with E-state index in [-0.39, 0.29) is 23.2 Å². The van der Waals surface area contributed by atoms with Crippen LogP contribution in [0.5, 0.6) is 0 Å². The second-order valence-corrected chi connectivity index (χ2v) is 9.53. The Morgan fingerprint density at radius 1 is 1.21 bits per heavy atom. The molecule has 0 aromatic rings. The van der Waals surface area contributed by atoms with Crippen molar-refractivity contribution in [2.75, 3.05) is 0 Å². The Labute approximate surface area is 145 Å². The molecule has 24 heavy (non-hydrogen) atoms. The lowest BCUT2D eigenvalue weighted by Crippen LogP contribution is -2.63. The second-order valence-electron chi connectivity index (χ2n) is 9.53. The highest BCUT2D eigenvalue weighted by Gasteiger charge is 2.66. The first-order chi connectivity index (χ1) is 11.0. The molecule has 1 saturated heterocycles. The molecule has 0 radical (unpaired) electrons. The number of hydrogen-bond donors (Lipinski definition) is 2. The molecule has 2 aliphatic carbocycles. The molecule has 1 saturated carbocycles. The van der Waals surface area contributed by atoms with Crippen molar-refractivity contribution in [3.8, 4) is 0 Å². The van der Waals surface area contributed by atoms with Gasteiger partial charge >= 0.3 is 5.97 Å². The van der Waals surface area contributed by atoms with E-state index >= 15 is 0 Å². The van der Waals surface area contributed by atoms with Gasteiger partial charge in [0.1, 0.15) is 0 Å². The summed E-state index contributed by atoms with van der Waals surface area (Å²) in [6.07, 6.45) is 6.41. The van der Waals surface area contributed by atoms with Gasteiger partial charge in [0.2, 0.25) is 0 Å². The van der Waals surface area contributed by atoms with Crippen molar-refractivity contribution >= 4 is 5.97 Å². The SMILES string of the molecule is CC1=C[C@@H](O)[C@@H]2C(C)(C)CCC[C@@]2(C)[C@]12CC[C@](C)(CC(=O)O)O2. The number of rotatable bonds is 2. The van der Waals surface area contributed by atoms with Gasteiger partial charge in [-0.05, 0) is 50.5 Å². The molecule has 1 heterocycles. The zero-order valence-electron chi connectivity index (χ0n) is 15.7. The number of aliphatic hydroxyl groups is 1. The van der Waals surface area contributed by atoms with Gasteiger partial charge in [-0.25, -0.2) is 0 Å². The Morgan fingerprint density at radius 3 is 2.50 bits per heavy atom. The molecule has 4 nitrogen and oxygen atoms in total. The van der Waals surface area contributed by atoms with E-state index in [1.165, 1.54) is 0 Å². The Hall–Kier alpha value is -0.870. The van der Waals surface area contributed by atoms with Crippen LogP contribution >= 0.6 is 0 Å². The number of fused-ring (bicyclic) bond motifs is 2. The topological polar surface area (TPSA) is 66.8 Å². The maximum atomic E-state index is 11.3. The smallest absolute Gasteiger partial charge is 0.306 e. The molecule has 3 aliphatic rings. The first kappa shape index (κ1) is 17.9. The lowest BCUT2D eigenvalue weighted by molar-refractivity contribution is -0.209. The minimum atomic E-state index is -0.808. The van der Waals surface area contributed by atoms with Crippen LogP contribution in [0.3, 0.4) is 0 Å². The van der Waals surface area contributed by atoms with Crippen LogP contribution in [0.1, 0.15) is 73.1 Å². The second kappa shape index (κ2) is 5.31. The van der Waals surface area contributed by atoms with Crippen LogP contribution in [-0.4, -0.2) is 33.5 Å². The quantitative estimate of drug-likeness (QED) is 0.750. The average molecular weight is 336 g/mol. The maximum Gasteiger partial charge on any atom is 0.306 e. The first-order valence-corrected chi connectivity index (χ1v) is 9.25. The Kier molecular flexibility index (Phi) is 3.97. The monoisotopic (exact) mass is 336 g/mol. The highest BCUT2D eigenvalue weighted by atomic mass is 16.5. The van der Waals surface area contributed by atoms with Crippen molar-refractivity contribution in [2.45, 2.75) is 90.4 Å². The number of carbonyl (C=O) groups is 1. The van der Waals surface area contributed by atoms with Crippen LogP contribution in [0.2, 0.25) is 0 Å². The summed E-state index contributed by atoms with van der Waals surface area (Å²) >= 11 is 0. The van der Waals surface area contributed by atoms with Gasteiger partial charge in [-0.1, -0.05) is 33.3 Å². The molecule has 0 unspecified atom stereocenters. The minimum Gasteiger partial charge on any atom is -0.481 e. The number of ether oxygens (including phenoxy) is 1. The normalized spacial score (nSPS) is 47.3. The van der Waals surface area contributed by atoms with Gasteiger partial charge < -0.3 is 14.9 Å². The van der Waals surface area contributed by atoms with Gasteiger partial charge in [-0.2, -0.15) is 0 Å². The maximum absolute atomic E-state index is 11.3. The molecule has 3 rings (SSSR count). The fourth-order valence-electron chi connectivity index (χ4n) is 6.40. The molecule has 2 N–H and O–H groups in total. The molecule has 0 amide bonds. The summed E-state index contributed by atoms with van der Waals surface area (Å²) in [6, 6.07) is 0. The van der Waals surface area contributed by atoms with Gasteiger partial charge in [0.25, 0.3) is 0 Å². The van der Waals surface area contributed by atoms with Crippen molar-refractivity contribution in [1.82, 2.24) is 0 Å². The van der Waals surface area contributed by atoms with Gasteiger partial charge in [0, 0.05) is 11.3 Å². The van der Waals surface area contributed by atoms with Gasteiger partial charge in [0.15, 0.2) is 0 Å². The van der Waals surface area contributed by atoms with Crippen LogP contribution in [-0.2, 0) is 9.53 Å². The van der Waals surface area contributed by atoms with Crippen LogP contribution in [0.25, 0.3) is 0 Å². The largest absolute Gasteiger partial charge is 0.481 e. The predicted octanol–water partition coefficient (Wildman–Crippen LogP) is 3.92. The summed E-state index contributed by atoms with van der Waals surface area (Å²) in [5.74, 6) is -0.674.